The maximum absolute atomic E-state index is 5.90. The molecule has 160 valence electrons. The summed E-state index contributed by atoms with van der Waals surface area (Å²) in [4.78, 5) is 4.25. The van der Waals surface area contributed by atoms with Gasteiger partial charge >= 0.3 is 0 Å². The SMILES string of the molecule is CCOCCCCNC(=NC)NCc1ccc(Oc2ccccc2OC)cc1.I. The third kappa shape index (κ3) is 9.36. The van der Waals surface area contributed by atoms with Crippen LogP contribution in [-0.4, -0.2) is 39.9 Å². The number of halogens is 1. The molecule has 7 heteroatoms. The molecule has 2 aromatic rings. The van der Waals surface area contributed by atoms with E-state index in [9.17, 15) is 0 Å². The lowest BCUT2D eigenvalue weighted by molar-refractivity contribution is 0.143. The second-order valence-corrected chi connectivity index (χ2v) is 6.15. The highest BCUT2D eigenvalue weighted by Gasteiger charge is 2.04. The Labute approximate surface area is 191 Å². The van der Waals surface area contributed by atoms with Gasteiger partial charge in [0.15, 0.2) is 17.5 Å². The third-order valence-electron chi connectivity index (χ3n) is 4.12. The number of nitrogens with zero attached hydrogens (tertiary/aromatic N) is 1. The Hall–Kier alpha value is -2.00. The summed E-state index contributed by atoms with van der Waals surface area (Å²) in [6, 6.07) is 15.6. The van der Waals surface area contributed by atoms with E-state index in [1.165, 1.54) is 0 Å². The topological polar surface area (TPSA) is 64.1 Å². The molecule has 0 saturated heterocycles. The van der Waals surface area contributed by atoms with Crippen LogP contribution in [0.15, 0.2) is 53.5 Å². The number of unbranched alkanes of at least 4 members (excludes halogenated alkanes) is 1. The molecule has 2 rings (SSSR count). The summed E-state index contributed by atoms with van der Waals surface area (Å²) in [5.41, 5.74) is 1.15. The van der Waals surface area contributed by atoms with Crippen molar-refractivity contribution in [1.29, 1.82) is 0 Å². The van der Waals surface area contributed by atoms with Crippen molar-refractivity contribution in [1.82, 2.24) is 10.6 Å². The summed E-state index contributed by atoms with van der Waals surface area (Å²) < 4.78 is 16.6. The van der Waals surface area contributed by atoms with Gasteiger partial charge < -0.3 is 24.8 Å². The second kappa shape index (κ2) is 14.9. The van der Waals surface area contributed by atoms with Gasteiger partial charge in [-0.1, -0.05) is 24.3 Å². The Balaban J connectivity index is 0.00000420. The normalized spacial score (nSPS) is 10.8. The van der Waals surface area contributed by atoms with Gasteiger partial charge in [0.2, 0.25) is 0 Å². The van der Waals surface area contributed by atoms with Crippen molar-refractivity contribution >= 4 is 29.9 Å². The standard InChI is InChI=1S/C22H31N3O3.HI/c1-4-27-16-8-7-15-24-22(23-2)25-17-18-11-13-19(14-12-18)28-21-10-6-5-9-20(21)26-3;/h5-6,9-14H,4,7-8,15-17H2,1-3H3,(H2,23,24,25);1H. The Morgan fingerprint density at radius 1 is 0.966 bits per heavy atom. The van der Waals surface area contributed by atoms with E-state index in [0.717, 1.165) is 49.9 Å². The lowest BCUT2D eigenvalue weighted by Crippen LogP contribution is -2.37. The second-order valence-electron chi connectivity index (χ2n) is 6.15. The molecular weight excluding hydrogens is 481 g/mol. The molecule has 0 radical (unpaired) electrons. The zero-order valence-electron chi connectivity index (χ0n) is 17.4. The van der Waals surface area contributed by atoms with Crippen molar-refractivity contribution in [3.8, 4) is 17.2 Å². The fourth-order valence-electron chi connectivity index (χ4n) is 2.59. The quantitative estimate of drug-likeness (QED) is 0.199. The van der Waals surface area contributed by atoms with Crippen LogP contribution in [-0.2, 0) is 11.3 Å². The van der Waals surface area contributed by atoms with Crippen LogP contribution in [0.25, 0.3) is 0 Å². The van der Waals surface area contributed by atoms with Gasteiger partial charge in [0, 0.05) is 33.4 Å². The van der Waals surface area contributed by atoms with Crippen LogP contribution in [0.1, 0.15) is 25.3 Å². The molecule has 0 bridgehead atoms. The van der Waals surface area contributed by atoms with E-state index >= 15 is 0 Å². The zero-order chi connectivity index (χ0) is 20.0. The molecule has 0 aliphatic carbocycles. The maximum atomic E-state index is 5.90. The van der Waals surface area contributed by atoms with Crippen molar-refractivity contribution < 1.29 is 14.2 Å². The largest absolute Gasteiger partial charge is 0.493 e. The molecule has 0 amide bonds. The molecule has 0 spiro atoms. The summed E-state index contributed by atoms with van der Waals surface area (Å²) in [5.74, 6) is 2.98. The molecule has 2 N–H and O–H groups in total. The summed E-state index contributed by atoms with van der Waals surface area (Å²) in [7, 11) is 3.41. The molecule has 0 aliphatic rings. The first-order valence-electron chi connectivity index (χ1n) is 9.69. The van der Waals surface area contributed by atoms with Crippen LogP contribution >= 0.6 is 24.0 Å². The summed E-state index contributed by atoms with van der Waals surface area (Å²) >= 11 is 0. The third-order valence-corrected chi connectivity index (χ3v) is 4.12. The molecule has 29 heavy (non-hydrogen) atoms. The van der Waals surface area contributed by atoms with Gasteiger partial charge in [-0.15, -0.1) is 24.0 Å². The minimum atomic E-state index is 0. The lowest BCUT2D eigenvalue weighted by atomic mass is 10.2. The number of ether oxygens (including phenoxy) is 3. The predicted octanol–water partition coefficient (Wildman–Crippen LogP) is 4.59. The van der Waals surface area contributed by atoms with E-state index in [1.54, 1.807) is 14.2 Å². The van der Waals surface area contributed by atoms with Crippen molar-refractivity contribution in [2.24, 2.45) is 4.99 Å². The van der Waals surface area contributed by atoms with Crippen LogP contribution in [0.3, 0.4) is 0 Å². The number of methoxy groups -OCH3 is 1. The van der Waals surface area contributed by atoms with E-state index in [0.29, 0.717) is 18.0 Å². The van der Waals surface area contributed by atoms with Crippen molar-refractivity contribution in [2.45, 2.75) is 26.3 Å². The highest BCUT2D eigenvalue weighted by molar-refractivity contribution is 14.0. The molecule has 0 saturated carbocycles. The highest BCUT2D eigenvalue weighted by Crippen LogP contribution is 2.30. The van der Waals surface area contributed by atoms with Crippen LogP contribution in [0, 0.1) is 0 Å². The first-order valence-corrected chi connectivity index (χ1v) is 9.69. The molecule has 0 atom stereocenters. The Morgan fingerprint density at radius 2 is 1.69 bits per heavy atom. The number of rotatable bonds is 11. The highest BCUT2D eigenvalue weighted by atomic mass is 127. The van der Waals surface area contributed by atoms with E-state index in [1.807, 2.05) is 55.5 Å². The van der Waals surface area contributed by atoms with Gasteiger partial charge in [-0.25, -0.2) is 0 Å². The fourth-order valence-corrected chi connectivity index (χ4v) is 2.59. The van der Waals surface area contributed by atoms with E-state index in [4.69, 9.17) is 14.2 Å². The number of hydrogen-bond acceptors (Lipinski definition) is 4. The predicted molar refractivity (Wildman–Crippen MR) is 129 cm³/mol. The summed E-state index contributed by atoms with van der Waals surface area (Å²) in [5, 5.41) is 6.64. The Kier molecular flexibility index (Phi) is 12.9. The first kappa shape index (κ1) is 25.0. The minimum absolute atomic E-state index is 0. The van der Waals surface area contributed by atoms with Crippen LogP contribution in [0.4, 0.5) is 0 Å². The number of aliphatic imine (C=N–C) groups is 1. The van der Waals surface area contributed by atoms with Gasteiger partial charge in [-0.3, -0.25) is 4.99 Å². The smallest absolute Gasteiger partial charge is 0.191 e. The monoisotopic (exact) mass is 513 g/mol. The maximum Gasteiger partial charge on any atom is 0.191 e. The molecule has 0 aromatic heterocycles. The van der Waals surface area contributed by atoms with Crippen molar-refractivity contribution in [2.75, 3.05) is 33.9 Å². The van der Waals surface area contributed by atoms with Gasteiger partial charge in [-0.05, 0) is 49.6 Å². The minimum Gasteiger partial charge on any atom is -0.493 e. The van der Waals surface area contributed by atoms with Gasteiger partial charge in [-0.2, -0.15) is 0 Å². The number of nitrogens with one attached hydrogen (secondary N) is 2. The molecular formula is C22H32IN3O3. The Bertz CT molecular complexity index is 723. The van der Waals surface area contributed by atoms with Crippen LogP contribution < -0.4 is 20.1 Å². The number of para-hydroxylation sites is 2. The number of guanidine groups is 1. The van der Waals surface area contributed by atoms with E-state index in [2.05, 4.69) is 15.6 Å². The fraction of sp³-hybridized carbons (Fsp3) is 0.409. The zero-order valence-corrected chi connectivity index (χ0v) is 19.8. The van der Waals surface area contributed by atoms with Gasteiger partial charge in [0.1, 0.15) is 5.75 Å². The van der Waals surface area contributed by atoms with Gasteiger partial charge in [0.05, 0.1) is 7.11 Å². The average Bonchev–Trinajstić information content (AvgIpc) is 2.74. The van der Waals surface area contributed by atoms with E-state index < -0.39 is 0 Å². The van der Waals surface area contributed by atoms with Crippen LogP contribution in [0.5, 0.6) is 17.2 Å². The number of benzene rings is 2. The lowest BCUT2D eigenvalue weighted by Gasteiger charge is -2.13. The summed E-state index contributed by atoms with van der Waals surface area (Å²) in [6.07, 6.45) is 2.10. The average molecular weight is 513 g/mol. The van der Waals surface area contributed by atoms with Crippen molar-refractivity contribution in [3.05, 3.63) is 54.1 Å². The van der Waals surface area contributed by atoms with Crippen molar-refractivity contribution in [3.63, 3.8) is 0 Å². The molecule has 6 nitrogen and oxygen atoms in total. The summed E-state index contributed by atoms with van der Waals surface area (Å²) in [6.45, 7) is 5.17. The molecule has 2 aromatic carbocycles. The van der Waals surface area contributed by atoms with Crippen LogP contribution in [0.2, 0.25) is 0 Å². The Morgan fingerprint density at radius 3 is 2.34 bits per heavy atom. The molecule has 0 unspecified atom stereocenters. The van der Waals surface area contributed by atoms with Gasteiger partial charge in [0.25, 0.3) is 0 Å². The molecule has 0 heterocycles. The molecule has 0 fully saturated rings. The van der Waals surface area contributed by atoms with E-state index in [-0.39, 0.29) is 24.0 Å². The first-order chi connectivity index (χ1) is 13.8. The molecule has 0 aliphatic heterocycles. The number of hydrogen-bond donors (Lipinski definition) is 2.